The molecule has 1 aromatic carbocycles. The lowest BCUT2D eigenvalue weighted by atomic mass is 10.2. The number of piperazine rings is 1. The van der Waals surface area contributed by atoms with Crippen LogP contribution in [0, 0.1) is 0 Å². The van der Waals surface area contributed by atoms with E-state index in [0.29, 0.717) is 38.5 Å². The molecule has 0 saturated carbocycles. The van der Waals surface area contributed by atoms with Gasteiger partial charge >= 0.3 is 6.03 Å². The number of urea groups is 1. The summed E-state index contributed by atoms with van der Waals surface area (Å²) in [7, 11) is 0. The monoisotopic (exact) mass is 379 g/mol. The van der Waals surface area contributed by atoms with Crippen LogP contribution in [0.4, 0.5) is 10.5 Å². The summed E-state index contributed by atoms with van der Waals surface area (Å²) in [6.45, 7) is 2.55. The molecule has 0 bridgehead atoms. The van der Waals surface area contributed by atoms with E-state index in [1.54, 1.807) is 28.1 Å². The number of amides is 3. The van der Waals surface area contributed by atoms with Gasteiger partial charge in [-0.1, -0.05) is 12.1 Å². The van der Waals surface area contributed by atoms with Gasteiger partial charge in [-0.25, -0.2) is 4.79 Å². The molecule has 4 rings (SSSR count). The van der Waals surface area contributed by atoms with Gasteiger partial charge in [-0.05, 0) is 35.9 Å². The molecule has 1 fully saturated rings. The predicted molar refractivity (Wildman–Crippen MR) is 103 cm³/mol. The highest BCUT2D eigenvalue weighted by molar-refractivity contribution is 5.92. The molecule has 8 heteroatoms. The van der Waals surface area contributed by atoms with Crippen molar-refractivity contribution >= 4 is 17.6 Å². The molecule has 3 aromatic rings. The van der Waals surface area contributed by atoms with Crippen LogP contribution in [-0.4, -0.2) is 57.7 Å². The first-order valence-electron chi connectivity index (χ1n) is 9.14. The Morgan fingerprint density at radius 1 is 1.04 bits per heavy atom. The van der Waals surface area contributed by atoms with E-state index in [2.05, 4.69) is 10.4 Å². The van der Waals surface area contributed by atoms with Gasteiger partial charge in [0, 0.05) is 44.3 Å². The third kappa shape index (κ3) is 4.06. The normalized spacial score (nSPS) is 14.1. The number of benzene rings is 1. The fraction of sp³-hybridized carbons (Fsp3) is 0.250. The highest BCUT2D eigenvalue weighted by Gasteiger charge is 2.26. The van der Waals surface area contributed by atoms with Gasteiger partial charge in [-0.15, -0.1) is 0 Å². The molecule has 28 heavy (non-hydrogen) atoms. The molecule has 3 heterocycles. The van der Waals surface area contributed by atoms with Crippen LogP contribution in [-0.2, 0) is 6.54 Å². The summed E-state index contributed by atoms with van der Waals surface area (Å²) in [5.74, 6) is 0.184. The summed E-state index contributed by atoms with van der Waals surface area (Å²) in [6.07, 6.45) is 5.12. The van der Waals surface area contributed by atoms with E-state index >= 15 is 0 Å². The van der Waals surface area contributed by atoms with Crippen molar-refractivity contribution in [3.05, 3.63) is 72.4 Å². The Morgan fingerprint density at radius 3 is 2.57 bits per heavy atom. The number of hydrogen-bond acceptors (Lipinski definition) is 4. The second-order valence-electron chi connectivity index (χ2n) is 6.59. The summed E-state index contributed by atoms with van der Waals surface area (Å²) < 4.78 is 6.99. The van der Waals surface area contributed by atoms with Crippen molar-refractivity contribution in [1.82, 2.24) is 19.6 Å². The molecule has 0 aliphatic carbocycles. The average Bonchev–Trinajstić information content (AvgIpc) is 3.42. The van der Waals surface area contributed by atoms with E-state index in [0.717, 1.165) is 11.3 Å². The zero-order valence-electron chi connectivity index (χ0n) is 15.3. The number of carbonyl (C=O) groups is 2. The third-order valence-corrected chi connectivity index (χ3v) is 4.67. The molecule has 2 aromatic heterocycles. The molecule has 0 radical (unpaired) electrons. The van der Waals surface area contributed by atoms with Crippen LogP contribution in [0.25, 0.3) is 0 Å². The van der Waals surface area contributed by atoms with Crippen LogP contribution in [0.1, 0.15) is 16.1 Å². The van der Waals surface area contributed by atoms with Crippen molar-refractivity contribution in [1.29, 1.82) is 0 Å². The van der Waals surface area contributed by atoms with Crippen molar-refractivity contribution in [3.8, 4) is 0 Å². The van der Waals surface area contributed by atoms with E-state index in [4.69, 9.17) is 4.42 Å². The van der Waals surface area contributed by atoms with E-state index in [1.807, 2.05) is 41.2 Å². The second-order valence-corrected chi connectivity index (χ2v) is 6.59. The highest BCUT2D eigenvalue weighted by Crippen LogP contribution is 2.14. The lowest BCUT2D eigenvalue weighted by Gasteiger charge is -2.34. The maximum atomic E-state index is 12.6. The van der Waals surface area contributed by atoms with Crippen LogP contribution >= 0.6 is 0 Å². The quantitative estimate of drug-likeness (QED) is 0.755. The smallest absolute Gasteiger partial charge is 0.321 e. The van der Waals surface area contributed by atoms with Gasteiger partial charge in [0.15, 0.2) is 5.76 Å². The maximum absolute atomic E-state index is 12.6. The van der Waals surface area contributed by atoms with Crippen molar-refractivity contribution in [2.24, 2.45) is 0 Å². The summed E-state index contributed by atoms with van der Waals surface area (Å²) in [5.41, 5.74) is 1.79. The summed E-state index contributed by atoms with van der Waals surface area (Å²) in [4.78, 5) is 28.3. The fourth-order valence-corrected chi connectivity index (χ4v) is 3.20. The van der Waals surface area contributed by atoms with Crippen molar-refractivity contribution in [2.45, 2.75) is 6.54 Å². The van der Waals surface area contributed by atoms with E-state index < -0.39 is 0 Å². The summed E-state index contributed by atoms with van der Waals surface area (Å²) in [6, 6.07) is 12.8. The number of carbonyl (C=O) groups excluding carboxylic acids is 2. The largest absolute Gasteiger partial charge is 0.459 e. The minimum atomic E-state index is -0.165. The Morgan fingerprint density at radius 2 is 1.86 bits per heavy atom. The van der Waals surface area contributed by atoms with E-state index in [-0.39, 0.29) is 11.9 Å². The first kappa shape index (κ1) is 17.8. The molecular weight excluding hydrogens is 358 g/mol. The van der Waals surface area contributed by atoms with Crippen LogP contribution in [0.5, 0.6) is 0 Å². The topological polar surface area (TPSA) is 83.6 Å². The SMILES string of the molecule is O=C(Nc1cccc(Cn2cccn2)c1)N1CCN(C(=O)c2ccco2)CC1. The molecule has 3 amide bonds. The Kier molecular flexibility index (Phi) is 5.09. The number of anilines is 1. The maximum Gasteiger partial charge on any atom is 0.321 e. The summed E-state index contributed by atoms with van der Waals surface area (Å²) in [5, 5.41) is 7.14. The predicted octanol–water partition coefficient (Wildman–Crippen LogP) is 2.51. The van der Waals surface area contributed by atoms with Crippen LogP contribution in [0.2, 0.25) is 0 Å². The summed E-state index contributed by atoms with van der Waals surface area (Å²) >= 11 is 0. The van der Waals surface area contributed by atoms with Crippen LogP contribution in [0.15, 0.2) is 65.5 Å². The van der Waals surface area contributed by atoms with Gasteiger partial charge < -0.3 is 19.5 Å². The number of nitrogens with zero attached hydrogens (tertiary/aromatic N) is 4. The Labute approximate surface area is 162 Å². The number of hydrogen-bond donors (Lipinski definition) is 1. The second kappa shape index (κ2) is 7.99. The molecule has 1 N–H and O–H groups in total. The number of aromatic nitrogens is 2. The van der Waals surface area contributed by atoms with Gasteiger partial charge in [-0.3, -0.25) is 9.48 Å². The van der Waals surface area contributed by atoms with Gasteiger partial charge in [0.25, 0.3) is 5.91 Å². The molecule has 0 atom stereocenters. The fourth-order valence-electron chi connectivity index (χ4n) is 3.20. The number of furan rings is 1. The molecular formula is C20H21N5O3. The zero-order valence-corrected chi connectivity index (χ0v) is 15.3. The van der Waals surface area contributed by atoms with Crippen LogP contribution in [0.3, 0.4) is 0 Å². The molecule has 8 nitrogen and oxygen atoms in total. The first-order valence-corrected chi connectivity index (χ1v) is 9.14. The van der Waals surface area contributed by atoms with Crippen molar-refractivity contribution in [2.75, 3.05) is 31.5 Å². The Hall–Kier alpha value is -3.55. The van der Waals surface area contributed by atoms with Gasteiger partial charge in [-0.2, -0.15) is 5.10 Å². The van der Waals surface area contributed by atoms with Crippen molar-refractivity contribution in [3.63, 3.8) is 0 Å². The lowest BCUT2D eigenvalue weighted by Crippen LogP contribution is -2.51. The van der Waals surface area contributed by atoms with Gasteiger partial charge in [0.2, 0.25) is 0 Å². The van der Waals surface area contributed by atoms with E-state index in [9.17, 15) is 9.59 Å². The number of rotatable bonds is 4. The lowest BCUT2D eigenvalue weighted by molar-refractivity contribution is 0.0640. The van der Waals surface area contributed by atoms with Crippen molar-refractivity contribution < 1.29 is 14.0 Å². The van der Waals surface area contributed by atoms with E-state index in [1.165, 1.54) is 6.26 Å². The Bertz CT molecular complexity index is 929. The highest BCUT2D eigenvalue weighted by atomic mass is 16.3. The third-order valence-electron chi connectivity index (χ3n) is 4.67. The molecule has 1 aliphatic rings. The average molecular weight is 379 g/mol. The van der Waals surface area contributed by atoms with Gasteiger partial charge in [0.1, 0.15) is 0 Å². The zero-order chi connectivity index (χ0) is 19.3. The molecule has 1 saturated heterocycles. The van der Waals surface area contributed by atoms with Crippen LogP contribution < -0.4 is 5.32 Å². The molecule has 0 unspecified atom stereocenters. The first-order chi connectivity index (χ1) is 13.7. The minimum Gasteiger partial charge on any atom is -0.459 e. The molecule has 144 valence electrons. The molecule has 0 spiro atoms. The Balaban J connectivity index is 1.32. The standard InChI is InChI=1S/C20H21N5O3/c26-19(18-6-2-13-28-18)23-9-11-24(12-10-23)20(27)22-17-5-1-4-16(14-17)15-25-8-3-7-21-25/h1-8,13-14H,9-12,15H2,(H,22,27). The number of nitrogens with one attached hydrogen (secondary N) is 1. The molecule has 1 aliphatic heterocycles. The van der Waals surface area contributed by atoms with Gasteiger partial charge in [0.05, 0.1) is 12.8 Å². The minimum absolute atomic E-state index is 0.142.